The topological polar surface area (TPSA) is 88.9 Å². The van der Waals surface area contributed by atoms with Crippen LogP contribution in [0.5, 0.6) is 0 Å². The molecule has 11 heteroatoms. The van der Waals surface area contributed by atoms with Gasteiger partial charge in [-0.05, 0) is 37.1 Å². The fraction of sp³-hybridized carbons (Fsp3) is 0.444. The van der Waals surface area contributed by atoms with Gasteiger partial charge in [-0.2, -0.15) is 13.2 Å². The molecule has 2 amide bonds. The van der Waals surface area contributed by atoms with Crippen LogP contribution in [0.3, 0.4) is 0 Å². The van der Waals surface area contributed by atoms with Crippen LogP contribution in [0.25, 0.3) is 5.69 Å². The normalized spacial score (nSPS) is 14.8. The van der Waals surface area contributed by atoms with Gasteiger partial charge < -0.3 is 10.6 Å². The molecule has 0 atom stereocenters. The summed E-state index contributed by atoms with van der Waals surface area (Å²) in [4.78, 5) is 24.1. The van der Waals surface area contributed by atoms with Gasteiger partial charge in [-0.25, -0.2) is 9.07 Å². The number of aromatic nitrogens is 3. The Labute approximate surface area is 163 Å². The number of amides is 2. The van der Waals surface area contributed by atoms with E-state index >= 15 is 0 Å². The Hall–Kier alpha value is -2.98. The highest BCUT2D eigenvalue weighted by Crippen LogP contribution is 2.32. The first-order valence-corrected chi connectivity index (χ1v) is 9.12. The molecule has 156 valence electrons. The van der Waals surface area contributed by atoms with Crippen molar-refractivity contribution in [2.45, 2.75) is 44.3 Å². The van der Waals surface area contributed by atoms with Crippen molar-refractivity contribution in [3.8, 4) is 5.69 Å². The molecule has 29 heavy (non-hydrogen) atoms. The van der Waals surface area contributed by atoms with E-state index in [-0.39, 0.29) is 30.6 Å². The second kappa shape index (κ2) is 8.58. The minimum atomic E-state index is -4.93. The molecule has 0 unspecified atom stereocenters. The lowest BCUT2D eigenvalue weighted by Crippen LogP contribution is -2.36. The summed E-state index contributed by atoms with van der Waals surface area (Å²) in [6, 6.07) is 4.24. The summed E-state index contributed by atoms with van der Waals surface area (Å²) in [7, 11) is 0. The molecule has 0 bridgehead atoms. The summed E-state index contributed by atoms with van der Waals surface area (Å²) in [5, 5.41) is 11.8. The van der Waals surface area contributed by atoms with Gasteiger partial charge in [-0.15, -0.1) is 5.10 Å². The van der Waals surface area contributed by atoms with Gasteiger partial charge >= 0.3 is 6.18 Å². The van der Waals surface area contributed by atoms with Crippen molar-refractivity contribution in [1.29, 1.82) is 0 Å². The smallest absolute Gasteiger partial charge is 0.353 e. The van der Waals surface area contributed by atoms with E-state index < -0.39 is 29.3 Å². The third-order valence-corrected chi connectivity index (χ3v) is 4.58. The summed E-state index contributed by atoms with van der Waals surface area (Å²) in [5.74, 6) is -2.00. The molecule has 2 N–H and O–H groups in total. The molecule has 1 fully saturated rings. The molecule has 1 heterocycles. The molecule has 1 aromatic carbocycles. The largest absolute Gasteiger partial charge is 0.435 e. The highest BCUT2D eigenvalue weighted by atomic mass is 19.4. The predicted molar refractivity (Wildman–Crippen MR) is 93.7 cm³/mol. The molecule has 1 aromatic heterocycles. The second-order valence-corrected chi connectivity index (χ2v) is 6.73. The minimum absolute atomic E-state index is 0.0598. The lowest BCUT2D eigenvalue weighted by atomic mass is 10.2. The average Bonchev–Trinajstić information content (AvgIpc) is 3.31. The fourth-order valence-electron chi connectivity index (χ4n) is 3.20. The number of hydrogen-bond acceptors (Lipinski definition) is 4. The molecule has 3 rings (SSSR count). The third kappa shape index (κ3) is 5.09. The van der Waals surface area contributed by atoms with Crippen LogP contribution in [0.2, 0.25) is 0 Å². The molecule has 0 spiro atoms. The first kappa shape index (κ1) is 20.7. The number of hydrogen-bond donors (Lipinski definition) is 2. The first-order valence-electron chi connectivity index (χ1n) is 9.12. The van der Waals surface area contributed by atoms with E-state index in [9.17, 15) is 27.2 Å². The Morgan fingerprint density at radius 3 is 2.41 bits per heavy atom. The molecule has 1 saturated carbocycles. The molecular formula is C18H19F4N5O2. The summed E-state index contributed by atoms with van der Waals surface area (Å²) in [5.41, 5.74) is -2.39. The summed E-state index contributed by atoms with van der Waals surface area (Å²) in [6.45, 7) is -0.141. The Morgan fingerprint density at radius 1 is 1.14 bits per heavy atom. The maximum Gasteiger partial charge on any atom is 0.435 e. The number of carbonyl (C=O) groups excluding carboxylic acids is 2. The Kier molecular flexibility index (Phi) is 6.14. The molecule has 1 aliphatic rings. The van der Waals surface area contributed by atoms with Gasteiger partial charge in [0.05, 0.1) is 5.69 Å². The van der Waals surface area contributed by atoms with E-state index in [1.54, 1.807) is 0 Å². The number of nitrogens with one attached hydrogen (secondary N) is 2. The van der Waals surface area contributed by atoms with E-state index in [4.69, 9.17) is 0 Å². The van der Waals surface area contributed by atoms with Crippen molar-refractivity contribution in [2.24, 2.45) is 0 Å². The SMILES string of the molecule is O=C(CCNC(=O)c1nnn(-c2ccc(F)cc2)c1C(F)(F)F)NC1CCCC1. The van der Waals surface area contributed by atoms with Gasteiger partial charge in [0.2, 0.25) is 5.91 Å². The van der Waals surface area contributed by atoms with E-state index in [0.717, 1.165) is 49.9 Å². The molecule has 2 aromatic rings. The maximum absolute atomic E-state index is 13.5. The zero-order valence-corrected chi connectivity index (χ0v) is 15.3. The average molecular weight is 413 g/mol. The number of alkyl halides is 3. The number of benzene rings is 1. The Balaban J connectivity index is 1.68. The number of carbonyl (C=O) groups is 2. The van der Waals surface area contributed by atoms with Crippen molar-refractivity contribution >= 4 is 11.8 Å². The number of nitrogens with zero attached hydrogens (tertiary/aromatic N) is 3. The van der Waals surface area contributed by atoms with Gasteiger partial charge in [0.1, 0.15) is 5.82 Å². The van der Waals surface area contributed by atoms with Crippen molar-refractivity contribution in [3.63, 3.8) is 0 Å². The van der Waals surface area contributed by atoms with Crippen molar-refractivity contribution in [2.75, 3.05) is 6.54 Å². The van der Waals surface area contributed by atoms with Gasteiger partial charge in [-0.1, -0.05) is 18.1 Å². The van der Waals surface area contributed by atoms with Crippen LogP contribution < -0.4 is 10.6 Å². The Morgan fingerprint density at radius 2 is 1.79 bits per heavy atom. The van der Waals surface area contributed by atoms with Crippen LogP contribution in [0.4, 0.5) is 17.6 Å². The van der Waals surface area contributed by atoms with Gasteiger partial charge in [0, 0.05) is 19.0 Å². The van der Waals surface area contributed by atoms with Crippen molar-refractivity contribution < 1.29 is 27.2 Å². The number of rotatable bonds is 6. The van der Waals surface area contributed by atoms with Gasteiger partial charge in [0.25, 0.3) is 5.91 Å². The van der Waals surface area contributed by atoms with Crippen LogP contribution >= 0.6 is 0 Å². The van der Waals surface area contributed by atoms with E-state index in [1.807, 2.05) is 0 Å². The summed E-state index contributed by atoms with van der Waals surface area (Å²) < 4.78 is 54.0. The highest BCUT2D eigenvalue weighted by molar-refractivity contribution is 5.93. The Bertz CT molecular complexity index is 873. The lowest BCUT2D eigenvalue weighted by molar-refractivity contribution is -0.143. The second-order valence-electron chi connectivity index (χ2n) is 6.73. The molecule has 0 radical (unpaired) electrons. The minimum Gasteiger partial charge on any atom is -0.353 e. The van der Waals surface area contributed by atoms with Crippen LogP contribution in [0.1, 0.15) is 48.3 Å². The predicted octanol–water partition coefficient (Wildman–Crippen LogP) is 2.60. The lowest BCUT2D eigenvalue weighted by Gasteiger charge is -2.12. The molecule has 0 saturated heterocycles. The molecule has 0 aliphatic heterocycles. The third-order valence-electron chi connectivity index (χ3n) is 4.58. The highest BCUT2D eigenvalue weighted by Gasteiger charge is 2.42. The van der Waals surface area contributed by atoms with Crippen LogP contribution in [0.15, 0.2) is 24.3 Å². The molecule has 7 nitrogen and oxygen atoms in total. The first-order chi connectivity index (χ1) is 13.8. The van der Waals surface area contributed by atoms with Gasteiger partial charge in [-0.3, -0.25) is 9.59 Å². The van der Waals surface area contributed by atoms with E-state index in [0.29, 0.717) is 4.68 Å². The molecule has 1 aliphatic carbocycles. The summed E-state index contributed by atoms with van der Waals surface area (Å²) in [6.07, 6.45) is -1.09. The standard InChI is InChI=1S/C18H19F4N5O2/c19-11-5-7-13(8-6-11)27-16(18(20,21)22)15(25-26-27)17(29)23-10-9-14(28)24-12-3-1-2-4-12/h5-8,12H,1-4,9-10H2,(H,23,29)(H,24,28). The van der Waals surface area contributed by atoms with Crippen molar-refractivity contribution in [1.82, 2.24) is 25.6 Å². The van der Waals surface area contributed by atoms with E-state index in [1.165, 1.54) is 0 Å². The number of halogens is 4. The fourth-order valence-corrected chi connectivity index (χ4v) is 3.20. The van der Waals surface area contributed by atoms with Crippen molar-refractivity contribution in [3.05, 3.63) is 41.5 Å². The van der Waals surface area contributed by atoms with Crippen LogP contribution in [0, 0.1) is 5.82 Å². The zero-order valence-electron chi connectivity index (χ0n) is 15.3. The zero-order chi connectivity index (χ0) is 21.0. The maximum atomic E-state index is 13.5. The van der Waals surface area contributed by atoms with Gasteiger partial charge in [0.15, 0.2) is 11.4 Å². The summed E-state index contributed by atoms with van der Waals surface area (Å²) >= 11 is 0. The van der Waals surface area contributed by atoms with E-state index in [2.05, 4.69) is 20.9 Å². The van der Waals surface area contributed by atoms with Crippen LogP contribution in [-0.4, -0.2) is 39.4 Å². The quantitative estimate of drug-likeness (QED) is 0.713. The molecular weight excluding hydrogens is 394 g/mol. The van der Waals surface area contributed by atoms with Crippen LogP contribution in [-0.2, 0) is 11.0 Å². The monoisotopic (exact) mass is 413 g/mol.